The van der Waals surface area contributed by atoms with E-state index < -0.39 is 5.56 Å². The Bertz CT molecular complexity index is 1320. The van der Waals surface area contributed by atoms with Crippen molar-refractivity contribution in [2.45, 2.75) is 18.9 Å². The number of aromatic nitrogens is 4. The first kappa shape index (κ1) is 22.0. The van der Waals surface area contributed by atoms with Crippen molar-refractivity contribution in [2.75, 3.05) is 33.0 Å². The standard InChI is InChI=1S/C23H24N6O4/c1-4-19(30)28-9-5-6-15(13-28)29-21-20(22(24)25-26-23(21)31)18(27-29)8-7-14-10-16(32-2)12-17(11-14)33-3/h4,10-12,15H,1,5-6,9,13H2,2-3H3,(H2,24,25)(H,26,31). The molecule has 33 heavy (non-hydrogen) atoms. The van der Waals surface area contributed by atoms with E-state index >= 15 is 0 Å². The lowest BCUT2D eigenvalue weighted by Gasteiger charge is -2.32. The molecule has 3 N–H and O–H groups in total. The molecular formula is C23H24N6O4. The number of nitrogen functional groups attached to an aromatic ring is 1. The number of carbonyl (C=O) groups is 1. The van der Waals surface area contributed by atoms with Gasteiger partial charge in [0.05, 0.1) is 25.6 Å². The third-order valence-electron chi connectivity index (χ3n) is 5.56. The maximum atomic E-state index is 12.7. The number of methoxy groups -OCH3 is 2. The number of H-pyrrole nitrogens is 1. The minimum absolute atomic E-state index is 0.123. The summed E-state index contributed by atoms with van der Waals surface area (Å²) in [5.41, 5.74) is 6.94. The molecule has 4 rings (SSSR count). The number of carbonyl (C=O) groups excluding carboxylic acids is 1. The van der Waals surface area contributed by atoms with Crippen LogP contribution in [0.1, 0.15) is 30.1 Å². The van der Waals surface area contributed by atoms with Gasteiger partial charge in [-0.2, -0.15) is 10.2 Å². The summed E-state index contributed by atoms with van der Waals surface area (Å²) >= 11 is 0. The van der Waals surface area contributed by atoms with Gasteiger partial charge in [-0.25, -0.2) is 5.10 Å². The molecule has 1 amide bonds. The van der Waals surface area contributed by atoms with Crippen LogP contribution in [0.3, 0.4) is 0 Å². The van der Waals surface area contributed by atoms with Crippen LogP contribution in [0.25, 0.3) is 10.9 Å². The van der Waals surface area contributed by atoms with Gasteiger partial charge in [0.1, 0.15) is 22.7 Å². The lowest BCUT2D eigenvalue weighted by molar-refractivity contribution is -0.127. The predicted molar refractivity (Wildman–Crippen MR) is 123 cm³/mol. The van der Waals surface area contributed by atoms with E-state index in [0.29, 0.717) is 41.2 Å². The molecule has 1 aliphatic rings. The number of benzene rings is 1. The average molecular weight is 448 g/mol. The maximum Gasteiger partial charge on any atom is 0.290 e. The fraction of sp³-hybridized carbons (Fsp3) is 0.304. The van der Waals surface area contributed by atoms with Crippen molar-refractivity contribution in [1.82, 2.24) is 24.9 Å². The van der Waals surface area contributed by atoms with E-state index in [4.69, 9.17) is 15.2 Å². The average Bonchev–Trinajstić information content (AvgIpc) is 3.25. The Morgan fingerprint density at radius 2 is 2.00 bits per heavy atom. The van der Waals surface area contributed by atoms with Crippen LogP contribution in [-0.2, 0) is 4.79 Å². The zero-order chi connectivity index (χ0) is 23.5. The second kappa shape index (κ2) is 9.08. The third-order valence-corrected chi connectivity index (χ3v) is 5.56. The fourth-order valence-electron chi connectivity index (χ4n) is 3.96. The number of nitrogens with zero attached hydrogens (tertiary/aromatic N) is 4. The van der Waals surface area contributed by atoms with Gasteiger partial charge in [-0.3, -0.25) is 14.3 Å². The molecule has 1 saturated heterocycles. The summed E-state index contributed by atoms with van der Waals surface area (Å²) in [6, 6.07) is 5.07. The number of fused-ring (bicyclic) bond motifs is 1. The van der Waals surface area contributed by atoms with Gasteiger partial charge in [0.15, 0.2) is 5.82 Å². The number of anilines is 1. The molecule has 10 heteroatoms. The summed E-state index contributed by atoms with van der Waals surface area (Å²) in [6.07, 6.45) is 2.81. The van der Waals surface area contributed by atoms with E-state index in [1.54, 1.807) is 42.0 Å². The Morgan fingerprint density at radius 3 is 2.67 bits per heavy atom. The van der Waals surface area contributed by atoms with Gasteiger partial charge < -0.3 is 20.1 Å². The normalized spacial score (nSPS) is 15.6. The van der Waals surface area contributed by atoms with Crippen LogP contribution in [0.2, 0.25) is 0 Å². The highest BCUT2D eigenvalue weighted by Crippen LogP contribution is 2.28. The summed E-state index contributed by atoms with van der Waals surface area (Å²) in [6.45, 7) is 4.60. The predicted octanol–water partition coefficient (Wildman–Crippen LogP) is 1.47. The topological polar surface area (TPSA) is 128 Å². The highest BCUT2D eigenvalue weighted by molar-refractivity contribution is 5.92. The molecule has 3 aromatic rings. The number of nitrogens with one attached hydrogen (secondary N) is 1. The number of rotatable bonds is 4. The van der Waals surface area contributed by atoms with Gasteiger partial charge >= 0.3 is 0 Å². The molecule has 0 aliphatic carbocycles. The Balaban J connectivity index is 1.81. The molecule has 0 radical (unpaired) electrons. The van der Waals surface area contributed by atoms with Crippen LogP contribution in [0.5, 0.6) is 11.5 Å². The number of nitrogens with two attached hydrogens (primary N) is 1. The van der Waals surface area contributed by atoms with Gasteiger partial charge in [-0.05, 0) is 37.0 Å². The van der Waals surface area contributed by atoms with Crippen molar-refractivity contribution in [3.05, 3.63) is 52.5 Å². The van der Waals surface area contributed by atoms with Crippen LogP contribution in [0.15, 0.2) is 35.6 Å². The number of hydrogen-bond acceptors (Lipinski definition) is 7. The zero-order valence-electron chi connectivity index (χ0n) is 18.4. The summed E-state index contributed by atoms with van der Waals surface area (Å²) in [5.74, 6) is 7.22. The van der Waals surface area contributed by atoms with E-state index in [1.807, 2.05) is 0 Å². The smallest absolute Gasteiger partial charge is 0.290 e. The Labute approximate surface area is 190 Å². The van der Waals surface area contributed by atoms with Crippen molar-refractivity contribution >= 4 is 22.6 Å². The first-order chi connectivity index (χ1) is 15.9. The third kappa shape index (κ3) is 4.25. The molecule has 1 fully saturated rings. The summed E-state index contributed by atoms with van der Waals surface area (Å²) in [7, 11) is 3.12. The fourth-order valence-corrected chi connectivity index (χ4v) is 3.96. The molecule has 1 unspecified atom stereocenters. The highest BCUT2D eigenvalue weighted by Gasteiger charge is 2.28. The molecule has 2 aromatic heterocycles. The largest absolute Gasteiger partial charge is 0.497 e. The molecule has 0 bridgehead atoms. The van der Waals surface area contributed by atoms with Crippen molar-refractivity contribution in [2.24, 2.45) is 0 Å². The van der Waals surface area contributed by atoms with Crippen molar-refractivity contribution in [1.29, 1.82) is 0 Å². The number of piperidine rings is 1. The number of aromatic amines is 1. The second-order valence-corrected chi connectivity index (χ2v) is 7.59. The minimum atomic E-state index is -0.421. The molecule has 10 nitrogen and oxygen atoms in total. The van der Waals surface area contributed by atoms with Gasteiger partial charge in [-0.1, -0.05) is 12.5 Å². The molecule has 0 saturated carbocycles. The van der Waals surface area contributed by atoms with Crippen LogP contribution in [-0.4, -0.2) is 58.1 Å². The number of likely N-dealkylation sites (tertiary alicyclic amines) is 1. The van der Waals surface area contributed by atoms with Gasteiger partial charge in [0.25, 0.3) is 5.56 Å². The monoisotopic (exact) mass is 448 g/mol. The van der Waals surface area contributed by atoms with Gasteiger partial charge in [0.2, 0.25) is 5.91 Å². The zero-order valence-corrected chi connectivity index (χ0v) is 18.4. The van der Waals surface area contributed by atoms with E-state index in [2.05, 4.69) is 33.7 Å². The van der Waals surface area contributed by atoms with Crippen LogP contribution in [0, 0.1) is 11.8 Å². The second-order valence-electron chi connectivity index (χ2n) is 7.59. The van der Waals surface area contributed by atoms with E-state index in [1.165, 1.54) is 6.08 Å². The lowest BCUT2D eigenvalue weighted by Crippen LogP contribution is -2.40. The van der Waals surface area contributed by atoms with Crippen LogP contribution in [0.4, 0.5) is 5.82 Å². The Hall–Kier alpha value is -4.26. The molecule has 3 heterocycles. The first-order valence-corrected chi connectivity index (χ1v) is 10.4. The number of amides is 1. The Kier molecular flexibility index (Phi) is 6.04. The van der Waals surface area contributed by atoms with Crippen LogP contribution < -0.4 is 20.8 Å². The van der Waals surface area contributed by atoms with Crippen molar-refractivity contribution < 1.29 is 14.3 Å². The highest BCUT2D eigenvalue weighted by atomic mass is 16.5. The maximum absolute atomic E-state index is 12.7. The van der Waals surface area contributed by atoms with Gasteiger partial charge in [-0.15, -0.1) is 0 Å². The summed E-state index contributed by atoms with van der Waals surface area (Å²) in [5, 5.41) is 11.3. The van der Waals surface area contributed by atoms with Crippen molar-refractivity contribution in [3.8, 4) is 23.3 Å². The van der Waals surface area contributed by atoms with Crippen LogP contribution >= 0.6 is 0 Å². The minimum Gasteiger partial charge on any atom is -0.497 e. The number of ether oxygens (including phenoxy) is 2. The molecule has 1 atom stereocenters. The SMILES string of the molecule is C=CC(=O)N1CCCC(n2nc(C#Cc3cc(OC)cc(OC)c3)c3c(N)n[nH]c(=O)c32)C1. The summed E-state index contributed by atoms with van der Waals surface area (Å²) in [4.78, 5) is 26.5. The molecule has 1 aromatic carbocycles. The molecule has 0 spiro atoms. The quantitative estimate of drug-likeness (QED) is 0.457. The lowest BCUT2D eigenvalue weighted by atomic mass is 10.1. The van der Waals surface area contributed by atoms with E-state index in [-0.39, 0.29) is 23.3 Å². The van der Waals surface area contributed by atoms with Gasteiger partial charge in [0, 0.05) is 24.7 Å². The van der Waals surface area contributed by atoms with Crippen molar-refractivity contribution in [3.63, 3.8) is 0 Å². The van der Waals surface area contributed by atoms with E-state index in [0.717, 1.165) is 12.8 Å². The molecular weight excluding hydrogens is 424 g/mol. The summed E-state index contributed by atoms with van der Waals surface area (Å²) < 4.78 is 12.2. The molecule has 1 aliphatic heterocycles. The first-order valence-electron chi connectivity index (χ1n) is 10.4. The Morgan fingerprint density at radius 1 is 1.27 bits per heavy atom. The van der Waals surface area contributed by atoms with E-state index in [9.17, 15) is 9.59 Å². The number of hydrogen-bond donors (Lipinski definition) is 2. The molecule has 170 valence electrons.